The van der Waals surface area contributed by atoms with E-state index in [1.807, 2.05) is 0 Å². The molecule has 0 aromatic heterocycles. The smallest absolute Gasteiger partial charge is 0.424 e. The number of halogens is 2. The average Bonchev–Trinajstić information content (AvgIpc) is 3.65. The topological polar surface area (TPSA) is 171 Å². The minimum absolute atomic E-state index is 0.142. The van der Waals surface area contributed by atoms with Gasteiger partial charge in [-0.2, -0.15) is 8.78 Å². The predicted octanol–water partition coefficient (Wildman–Crippen LogP) is 2.72. The molecule has 12 nitrogen and oxygen atoms in total. The number of hydrogen-bond donors (Lipinski definition) is 0. The first-order valence-electron chi connectivity index (χ1n) is 14.6. The second kappa shape index (κ2) is 9.54. The summed E-state index contributed by atoms with van der Waals surface area (Å²) in [5, 5.41) is -5.32. The Morgan fingerprint density at radius 3 is 2.26 bits per heavy atom. The lowest BCUT2D eigenvalue weighted by Gasteiger charge is -2.58. The Balaban J connectivity index is 0.999. The number of carbonyl (C=O) groups excluding carboxylic acids is 3. The van der Waals surface area contributed by atoms with E-state index < -0.39 is 85.1 Å². The van der Waals surface area contributed by atoms with Crippen molar-refractivity contribution in [2.24, 2.45) is 41.4 Å². The van der Waals surface area contributed by atoms with E-state index in [1.165, 1.54) is 0 Å². The van der Waals surface area contributed by atoms with Gasteiger partial charge in [0.2, 0.25) is 10.3 Å². The molecule has 0 aromatic rings. The molecule has 7 unspecified atom stereocenters. The standard InChI is InChI=1S/C26H32F2NO11S2/c27-26(28,24(32)38-20-14-7-17-18(8-14)23(31)37-21(17)20)41(33,34)29-42(35,36)40-19-15-5-12-6-16(19)11-25(9-12,10-15)39-22(30)13-3-1-2-4-13/h12-21H,1-11H2/q-1. The van der Waals surface area contributed by atoms with Gasteiger partial charge in [-0.05, 0) is 75.5 Å². The maximum absolute atomic E-state index is 14.9. The molecule has 16 heteroatoms. The van der Waals surface area contributed by atoms with E-state index >= 15 is 0 Å². The highest BCUT2D eigenvalue weighted by Crippen LogP contribution is 2.59. The maximum Gasteiger partial charge on any atom is 0.424 e. The van der Waals surface area contributed by atoms with E-state index in [0.717, 1.165) is 25.7 Å². The Morgan fingerprint density at radius 1 is 0.929 bits per heavy atom. The molecule has 7 saturated carbocycles. The third-order valence-corrected chi connectivity index (χ3v) is 13.6. The largest absolute Gasteiger partial charge is 0.459 e. The molecular weight excluding hydrogens is 604 g/mol. The second-order valence-corrected chi connectivity index (χ2v) is 16.5. The van der Waals surface area contributed by atoms with Crippen molar-refractivity contribution >= 4 is 38.2 Å². The molecule has 7 atom stereocenters. The normalized spacial score (nSPS) is 42.2. The van der Waals surface area contributed by atoms with Gasteiger partial charge < -0.3 is 18.3 Å². The minimum atomic E-state index is -6.28. The van der Waals surface area contributed by atoms with Crippen molar-refractivity contribution < 1.29 is 58.4 Å². The first kappa shape index (κ1) is 28.8. The summed E-state index contributed by atoms with van der Waals surface area (Å²) in [6.07, 6.45) is 3.39. The lowest BCUT2D eigenvalue weighted by atomic mass is 9.53. The first-order chi connectivity index (χ1) is 19.7. The highest BCUT2D eigenvalue weighted by molar-refractivity contribution is 8.11. The molecule has 6 bridgehead atoms. The molecule has 42 heavy (non-hydrogen) atoms. The van der Waals surface area contributed by atoms with Crippen molar-refractivity contribution in [2.45, 2.75) is 99.8 Å². The van der Waals surface area contributed by atoms with Crippen LogP contribution in [0.25, 0.3) is 4.13 Å². The summed E-state index contributed by atoms with van der Waals surface area (Å²) in [5.74, 6) is -5.15. The van der Waals surface area contributed by atoms with E-state index in [4.69, 9.17) is 18.4 Å². The third kappa shape index (κ3) is 4.57. The summed E-state index contributed by atoms with van der Waals surface area (Å²) in [7, 11) is -11.7. The number of alkyl halides is 2. The molecule has 1 saturated heterocycles. The third-order valence-electron chi connectivity index (χ3n) is 10.8. The Morgan fingerprint density at radius 2 is 1.60 bits per heavy atom. The first-order valence-corrected chi connectivity index (χ1v) is 17.4. The molecule has 0 spiro atoms. The van der Waals surface area contributed by atoms with Crippen LogP contribution in [0.3, 0.4) is 0 Å². The van der Waals surface area contributed by atoms with Gasteiger partial charge in [-0.3, -0.25) is 13.8 Å². The summed E-state index contributed by atoms with van der Waals surface area (Å²) in [4.78, 5) is 37.0. The van der Waals surface area contributed by atoms with E-state index in [2.05, 4.69) is 4.13 Å². The summed E-state index contributed by atoms with van der Waals surface area (Å²) in [5.41, 5.74) is -0.743. The lowest BCUT2D eigenvalue weighted by molar-refractivity contribution is -0.205. The lowest BCUT2D eigenvalue weighted by Crippen LogP contribution is -2.59. The zero-order valence-electron chi connectivity index (χ0n) is 22.6. The predicted molar refractivity (Wildman–Crippen MR) is 135 cm³/mol. The highest BCUT2D eigenvalue weighted by Gasteiger charge is 2.65. The fourth-order valence-electron chi connectivity index (χ4n) is 9.33. The van der Waals surface area contributed by atoms with Gasteiger partial charge in [-0.25, -0.2) is 21.6 Å². The summed E-state index contributed by atoms with van der Waals surface area (Å²) in [6.45, 7) is 0. The van der Waals surface area contributed by atoms with Crippen LogP contribution in [0.4, 0.5) is 8.78 Å². The van der Waals surface area contributed by atoms with Crippen LogP contribution in [-0.4, -0.2) is 63.9 Å². The molecule has 7 aliphatic carbocycles. The molecule has 0 radical (unpaired) electrons. The van der Waals surface area contributed by atoms with Crippen molar-refractivity contribution in [1.82, 2.24) is 0 Å². The monoisotopic (exact) mass is 636 g/mol. The Kier molecular flexibility index (Phi) is 6.55. The van der Waals surface area contributed by atoms with E-state index in [0.29, 0.717) is 38.5 Å². The highest BCUT2D eigenvalue weighted by atomic mass is 32.3. The van der Waals surface area contributed by atoms with Gasteiger partial charge in [0.1, 0.15) is 17.8 Å². The van der Waals surface area contributed by atoms with Crippen LogP contribution in [0.1, 0.15) is 70.6 Å². The van der Waals surface area contributed by atoms with Gasteiger partial charge in [-0.1, -0.05) is 12.8 Å². The van der Waals surface area contributed by atoms with Gasteiger partial charge in [0, 0.05) is 11.8 Å². The molecule has 1 heterocycles. The number of esters is 3. The van der Waals surface area contributed by atoms with Gasteiger partial charge >= 0.3 is 23.2 Å². The van der Waals surface area contributed by atoms with Gasteiger partial charge in [0.25, 0.3) is 0 Å². The average molecular weight is 637 g/mol. The fraction of sp³-hybridized carbons (Fsp3) is 0.885. The number of nitrogens with zero attached hydrogens (tertiary/aromatic N) is 1. The number of sulfonamides is 1. The van der Waals surface area contributed by atoms with Gasteiger partial charge in [0.05, 0.1) is 17.9 Å². The fourth-order valence-corrected chi connectivity index (χ4v) is 11.7. The Hall–Kier alpha value is -1.91. The van der Waals surface area contributed by atoms with Crippen LogP contribution in [0.2, 0.25) is 0 Å². The van der Waals surface area contributed by atoms with Crippen LogP contribution in [-0.2, 0) is 53.1 Å². The van der Waals surface area contributed by atoms with Crippen LogP contribution in [0.15, 0.2) is 0 Å². The summed E-state index contributed by atoms with van der Waals surface area (Å²) >= 11 is 0. The van der Waals surface area contributed by atoms with Crippen LogP contribution < -0.4 is 0 Å². The summed E-state index contributed by atoms with van der Waals surface area (Å²) in [6, 6.07) is 0. The molecule has 234 valence electrons. The molecular formula is C26H32F2NO11S2-. The van der Waals surface area contributed by atoms with Crippen molar-refractivity contribution in [2.75, 3.05) is 0 Å². The van der Waals surface area contributed by atoms with E-state index in [9.17, 15) is 40.0 Å². The SMILES string of the molecule is O=C(OC12CC3CC(C1)C(OS(=O)(=O)[N-]S(=O)(=O)C(F)(F)C(=O)OC1C4CC5C(=O)OC1C5C4)C(C3)C2)C1CCCC1. The minimum Gasteiger partial charge on any atom is -0.459 e. The molecule has 0 aromatic carbocycles. The van der Waals surface area contributed by atoms with Gasteiger partial charge in [0.15, 0.2) is 10.0 Å². The number of ether oxygens (including phenoxy) is 3. The molecule has 8 aliphatic rings. The van der Waals surface area contributed by atoms with Crippen LogP contribution >= 0.6 is 0 Å². The zero-order valence-corrected chi connectivity index (χ0v) is 24.2. The van der Waals surface area contributed by atoms with E-state index in [1.54, 1.807) is 0 Å². The Labute approximate surface area is 241 Å². The number of fused-ring (bicyclic) bond motifs is 1. The maximum atomic E-state index is 14.9. The Bertz CT molecular complexity index is 1400. The number of carbonyl (C=O) groups is 3. The van der Waals surface area contributed by atoms with Crippen LogP contribution in [0.5, 0.6) is 0 Å². The van der Waals surface area contributed by atoms with Crippen molar-refractivity contribution in [1.29, 1.82) is 0 Å². The van der Waals surface area contributed by atoms with Crippen molar-refractivity contribution in [3.8, 4) is 0 Å². The van der Waals surface area contributed by atoms with Crippen molar-refractivity contribution in [3.63, 3.8) is 0 Å². The molecule has 0 N–H and O–H groups in total. The van der Waals surface area contributed by atoms with Crippen molar-refractivity contribution in [3.05, 3.63) is 4.13 Å². The molecule has 1 aliphatic heterocycles. The molecule has 0 amide bonds. The van der Waals surface area contributed by atoms with Crippen LogP contribution in [0, 0.1) is 41.4 Å². The second-order valence-electron chi connectivity index (χ2n) is 13.4. The number of hydrogen-bond acceptors (Lipinski definition) is 11. The van der Waals surface area contributed by atoms with E-state index in [-0.39, 0.29) is 30.1 Å². The summed E-state index contributed by atoms with van der Waals surface area (Å²) < 4.78 is 104. The zero-order chi connectivity index (χ0) is 29.8. The quantitative estimate of drug-likeness (QED) is 0.269. The van der Waals surface area contributed by atoms with Gasteiger partial charge in [-0.15, -0.1) is 0 Å². The molecule has 8 rings (SSSR count). The molecule has 8 fully saturated rings. The number of rotatable bonds is 9.